The van der Waals surface area contributed by atoms with Crippen molar-refractivity contribution in [2.45, 2.75) is 33.1 Å². The lowest BCUT2D eigenvalue weighted by molar-refractivity contribution is 0.560. The number of anilines is 1. The van der Waals surface area contributed by atoms with Crippen molar-refractivity contribution in [1.82, 2.24) is 9.97 Å². The number of nitrogens with zero attached hydrogens (tertiary/aromatic N) is 2. The van der Waals surface area contributed by atoms with Crippen molar-refractivity contribution in [1.29, 1.82) is 0 Å². The molecule has 1 aromatic carbocycles. The maximum atomic E-state index is 11.2. The second-order valence-electron chi connectivity index (χ2n) is 6.39. The van der Waals surface area contributed by atoms with Gasteiger partial charge in [0.2, 0.25) is 10.0 Å². The van der Waals surface area contributed by atoms with E-state index in [1.165, 1.54) is 0 Å². The molecule has 1 N–H and O–H groups in total. The fraction of sp³-hybridized carbons (Fsp3) is 0.375. The smallest absolute Gasteiger partial charge is 0.229 e. The average molecular weight is 319 g/mol. The van der Waals surface area contributed by atoms with Crippen LogP contribution in [0.25, 0.3) is 11.3 Å². The lowest BCUT2D eigenvalue weighted by Gasteiger charge is -2.20. The summed E-state index contributed by atoms with van der Waals surface area (Å²) < 4.78 is 24.9. The first-order chi connectivity index (χ1) is 10.1. The fourth-order valence-corrected chi connectivity index (χ4v) is 2.79. The number of nitrogens with one attached hydrogen (secondary N) is 1. The van der Waals surface area contributed by atoms with E-state index in [1.54, 1.807) is 18.3 Å². The third-order valence-corrected chi connectivity index (χ3v) is 3.76. The van der Waals surface area contributed by atoms with Gasteiger partial charge in [0.15, 0.2) is 0 Å². The number of aromatic nitrogens is 2. The Bertz CT molecular complexity index is 776. The molecule has 0 saturated heterocycles. The highest BCUT2D eigenvalue weighted by molar-refractivity contribution is 7.92. The summed E-state index contributed by atoms with van der Waals surface area (Å²) >= 11 is 0. The van der Waals surface area contributed by atoms with Gasteiger partial charge in [0.1, 0.15) is 0 Å². The van der Waals surface area contributed by atoms with E-state index in [2.05, 4.69) is 30.5 Å². The van der Waals surface area contributed by atoms with Crippen LogP contribution in [-0.4, -0.2) is 24.6 Å². The van der Waals surface area contributed by atoms with Gasteiger partial charge in [-0.3, -0.25) is 9.71 Å². The quantitative estimate of drug-likeness (QED) is 0.943. The van der Waals surface area contributed by atoms with E-state index in [-0.39, 0.29) is 5.41 Å². The molecule has 0 fully saturated rings. The number of sulfonamides is 1. The first-order valence-corrected chi connectivity index (χ1v) is 8.88. The molecule has 2 aromatic rings. The first kappa shape index (κ1) is 16.4. The van der Waals surface area contributed by atoms with E-state index in [0.717, 1.165) is 28.9 Å². The third kappa shape index (κ3) is 4.04. The predicted octanol–water partition coefficient (Wildman–Crippen LogP) is 3.12. The van der Waals surface area contributed by atoms with Crippen LogP contribution < -0.4 is 4.72 Å². The average Bonchev–Trinajstić information content (AvgIpc) is 2.37. The molecule has 0 spiro atoms. The highest BCUT2D eigenvalue weighted by Crippen LogP contribution is 2.26. The summed E-state index contributed by atoms with van der Waals surface area (Å²) in [5.41, 5.74) is 4.01. The SMILES string of the molecule is Cc1ncc(-c2ccc(NS(C)(=O)=O)cc2)nc1C(C)(C)C. The topological polar surface area (TPSA) is 72.0 Å². The fourth-order valence-electron chi connectivity index (χ4n) is 2.22. The van der Waals surface area contributed by atoms with Crippen LogP contribution in [0.3, 0.4) is 0 Å². The predicted molar refractivity (Wildman–Crippen MR) is 89.4 cm³/mol. The van der Waals surface area contributed by atoms with Crippen LogP contribution in [-0.2, 0) is 15.4 Å². The summed E-state index contributed by atoms with van der Waals surface area (Å²) in [4.78, 5) is 9.15. The van der Waals surface area contributed by atoms with Gasteiger partial charge in [0.25, 0.3) is 0 Å². The Morgan fingerprint density at radius 2 is 1.68 bits per heavy atom. The molecule has 5 nitrogen and oxygen atoms in total. The summed E-state index contributed by atoms with van der Waals surface area (Å²) in [5.74, 6) is 0. The molecule has 0 bridgehead atoms. The van der Waals surface area contributed by atoms with Gasteiger partial charge in [0, 0.05) is 16.7 Å². The van der Waals surface area contributed by atoms with Crippen LogP contribution in [0.1, 0.15) is 32.2 Å². The lowest BCUT2D eigenvalue weighted by Crippen LogP contribution is -2.16. The van der Waals surface area contributed by atoms with Crippen LogP contribution in [0.15, 0.2) is 30.5 Å². The number of aryl methyl sites for hydroxylation is 1. The van der Waals surface area contributed by atoms with Crippen molar-refractivity contribution in [2.75, 3.05) is 11.0 Å². The second-order valence-corrected chi connectivity index (χ2v) is 8.14. The van der Waals surface area contributed by atoms with E-state index >= 15 is 0 Å². The van der Waals surface area contributed by atoms with Crippen molar-refractivity contribution in [3.8, 4) is 11.3 Å². The Morgan fingerprint density at radius 3 is 2.18 bits per heavy atom. The largest absolute Gasteiger partial charge is 0.284 e. The summed E-state index contributed by atoms with van der Waals surface area (Å²) in [6.45, 7) is 8.27. The molecule has 0 radical (unpaired) electrons. The van der Waals surface area contributed by atoms with Gasteiger partial charge in [-0.2, -0.15) is 0 Å². The molecule has 0 aliphatic rings. The van der Waals surface area contributed by atoms with E-state index in [4.69, 9.17) is 4.98 Å². The van der Waals surface area contributed by atoms with Gasteiger partial charge < -0.3 is 0 Å². The normalized spacial score (nSPS) is 12.2. The number of hydrogen-bond acceptors (Lipinski definition) is 4. The van der Waals surface area contributed by atoms with Crippen LogP contribution in [0.5, 0.6) is 0 Å². The molecule has 0 aliphatic heterocycles. The Balaban J connectivity index is 2.37. The number of rotatable bonds is 3. The van der Waals surface area contributed by atoms with E-state index in [9.17, 15) is 8.42 Å². The molecule has 6 heteroatoms. The van der Waals surface area contributed by atoms with Crippen molar-refractivity contribution >= 4 is 15.7 Å². The molecular formula is C16H21N3O2S. The van der Waals surface area contributed by atoms with Crippen LogP contribution in [0.2, 0.25) is 0 Å². The molecule has 2 rings (SSSR count). The molecule has 118 valence electrons. The van der Waals surface area contributed by atoms with E-state index in [0.29, 0.717) is 5.69 Å². The lowest BCUT2D eigenvalue weighted by atomic mass is 9.90. The van der Waals surface area contributed by atoms with Crippen molar-refractivity contribution in [3.63, 3.8) is 0 Å². The molecule has 0 unspecified atom stereocenters. The number of benzene rings is 1. The Hall–Kier alpha value is -1.95. The number of hydrogen-bond donors (Lipinski definition) is 1. The standard InChI is InChI=1S/C16H21N3O2S/c1-11-15(16(2,3)4)18-14(10-17-11)12-6-8-13(9-7-12)19-22(5,20)21/h6-10,19H,1-5H3. The maximum Gasteiger partial charge on any atom is 0.229 e. The van der Waals surface area contributed by atoms with Gasteiger partial charge in [-0.25, -0.2) is 13.4 Å². The van der Waals surface area contributed by atoms with Crippen molar-refractivity contribution in [3.05, 3.63) is 41.9 Å². The van der Waals surface area contributed by atoms with Crippen LogP contribution in [0, 0.1) is 6.92 Å². The van der Waals surface area contributed by atoms with Gasteiger partial charge >= 0.3 is 0 Å². The van der Waals surface area contributed by atoms with Crippen molar-refractivity contribution < 1.29 is 8.42 Å². The molecule has 0 amide bonds. The van der Waals surface area contributed by atoms with Gasteiger partial charge in [-0.15, -0.1) is 0 Å². The highest BCUT2D eigenvalue weighted by Gasteiger charge is 2.19. The minimum Gasteiger partial charge on any atom is -0.284 e. The maximum absolute atomic E-state index is 11.2. The van der Waals surface area contributed by atoms with E-state index < -0.39 is 10.0 Å². The molecule has 0 saturated carbocycles. The zero-order chi connectivity index (χ0) is 16.5. The van der Waals surface area contributed by atoms with Crippen LogP contribution in [0.4, 0.5) is 5.69 Å². The minimum atomic E-state index is -3.26. The summed E-state index contributed by atoms with van der Waals surface area (Å²) in [7, 11) is -3.26. The Kier molecular flexibility index (Phi) is 4.24. The molecule has 1 aromatic heterocycles. The Morgan fingerprint density at radius 1 is 1.09 bits per heavy atom. The molecule has 0 aliphatic carbocycles. The summed E-state index contributed by atoms with van der Waals surface area (Å²) in [5, 5.41) is 0. The van der Waals surface area contributed by atoms with Gasteiger partial charge in [-0.1, -0.05) is 32.9 Å². The zero-order valence-corrected chi connectivity index (χ0v) is 14.3. The van der Waals surface area contributed by atoms with E-state index in [1.807, 2.05) is 19.1 Å². The van der Waals surface area contributed by atoms with Gasteiger partial charge in [0.05, 0.1) is 29.5 Å². The van der Waals surface area contributed by atoms with Crippen molar-refractivity contribution in [2.24, 2.45) is 0 Å². The molecule has 1 heterocycles. The Labute approximate surface area is 131 Å². The minimum absolute atomic E-state index is 0.0785. The zero-order valence-electron chi connectivity index (χ0n) is 13.5. The molecular weight excluding hydrogens is 298 g/mol. The summed E-state index contributed by atoms with van der Waals surface area (Å²) in [6, 6.07) is 7.10. The monoisotopic (exact) mass is 319 g/mol. The summed E-state index contributed by atoms with van der Waals surface area (Å²) in [6.07, 6.45) is 2.87. The molecule has 0 atom stereocenters. The highest BCUT2D eigenvalue weighted by atomic mass is 32.2. The van der Waals surface area contributed by atoms with Gasteiger partial charge in [-0.05, 0) is 19.1 Å². The second kappa shape index (κ2) is 5.68. The third-order valence-electron chi connectivity index (χ3n) is 3.15. The van der Waals surface area contributed by atoms with Crippen LogP contribution >= 0.6 is 0 Å². The molecule has 22 heavy (non-hydrogen) atoms. The first-order valence-electron chi connectivity index (χ1n) is 6.98.